The van der Waals surface area contributed by atoms with Gasteiger partial charge in [-0.1, -0.05) is 32.4 Å². The van der Waals surface area contributed by atoms with E-state index >= 15 is 0 Å². The van der Waals surface area contributed by atoms with E-state index < -0.39 is 5.82 Å². The summed E-state index contributed by atoms with van der Waals surface area (Å²) in [5, 5.41) is 18.7. The maximum atomic E-state index is 14.7. The minimum absolute atomic E-state index is 0.0292. The molecule has 204 valence electrons. The first kappa shape index (κ1) is 30.0. The molecule has 1 heterocycles. The van der Waals surface area contributed by atoms with Crippen molar-refractivity contribution in [3.05, 3.63) is 47.3 Å². The summed E-state index contributed by atoms with van der Waals surface area (Å²) in [7, 11) is 3.83. The number of benzene rings is 2. The van der Waals surface area contributed by atoms with Crippen molar-refractivity contribution in [1.82, 2.24) is 9.21 Å². The monoisotopic (exact) mass is 548 g/mol. The van der Waals surface area contributed by atoms with Crippen LogP contribution in [-0.2, 0) is 0 Å². The SMILES string of the molecule is CCN(C)SNc1ccc(F)c(Oc2ccc(N=CN(C)CCCC3CCB(C#N)CC3)c(C=O)c2)c1C#N. The second-order valence-corrected chi connectivity index (χ2v) is 10.7. The number of anilines is 1. The number of hydrogen-bond acceptors (Lipinski definition) is 8. The Labute approximate surface area is 235 Å². The Morgan fingerprint density at radius 1 is 1.26 bits per heavy atom. The second-order valence-electron chi connectivity index (χ2n) is 9.70. The molecule has 0 amide bonds. The normalized spacial score (nSPS) is 13.8. The molecule has 0 spiro atoms. The first-order chi connectivity index (χ1) is 18.9. The molecule has 1 aliphatic heterocycles. The Kier molecular flexibility index (Phi) is 11.7. The minimum atomic E-state index is -0.680. The van der Waals surface area contributed by atoms with Gasteiger partial charge in [0.25, 0.3) is 6.71 Å². The smallest absolute Gasteiger partial charge is 0.267 e. The summed E-state index contributed by atoms with van der Waals surface area (Å²) in [5.41, 5.74) is 1.21. The number of nitrogens with one attached hydrogen (secondary N) is 1. The lowest BCUT2D eigenvalue weighted by atomic mass is 9.41. The number of hydrogen-bond donors (Lipinski definition) is 1. The van der Waals surface area contributed by atoms with E-state index in [1.54, 1.807) is 18.5 Å². The molecule has 0 aliphatic carbocycles. The van der Waals surface area contributed by atoms with Crippen LogP contribution in [0.4, 0.5) is 15.8 Å². The van der Waals surface area contributed by atoms with Gasteiger partial charge in [0.05, 0.1) is 17.7 Å². The van der Waals surface area contributed by atoms with E-state index in [1.165, 1.54) is 30.3 Å². The fraction of sp³-hybridized carbons (Fsp3) is 0.429. The number of aldehydes is 1. The topological polar surface area (TPSA) is 105 Å². The molecular formula is C28H34BFN6O2S. The summed E-state index contributed by atoms with van der Waals surface area (Å²) in [6.45, 7) is 3.83. The Bertz CT molecular complexity index is 1240. The van der Waals surface area contributed by atoms with Crippen molar-refractivity contribution in [2.24, 2.45) is 10.9 Å². The molecule has 39 heavy (non-hydrogen) atoms. The summed E-state index contributed by atoms with van der Waals surface area (Å²) in [5.74, 6) is 2.40. The van der Waals surface area contributed by atoms with Gasteiger partial charge in [-0.2, -0.15) is 5.26 Å². The molecule has 0 bridgehead atoms. The van der Waals surface area contributed by atoms with Crippen LogP contribution in [0.25, 0.3) is 0 Å². The highest BCUT2D eigenvalue weighted by Crippen LogP contribution is 2.35. The number of nitrogens with zero attached hydrogens (tertiary/aromatic N) is 5. The van der Waals surface area contributed by atoms with E-state index in [9.17, 15) is 14.4 Å². The Hall–Kier alpha value is -3.54. The highest BCUT2D eigenvalue weighted by atomic mass is 32.2. The van der Waals surface area contributed by atoms with Crippen LogP contribution in [0.2, 0.25) is 12.6 Å². The van der Waals surface area contributed by atoms with Gasteiger partial charge in [-0.3, -0.25) is 4.79 Å². The zero-order valence-electron chi connectivity index (χ0n) is 22.7. The van der Waals surface area contributed by atoms with Crippen molar-refractivity contribution in [2.75, 3.05) is 31.9 Å². The van der Waals surface area contributed by atoms with Crippen molar-refractivity contribution in [3.63, 3.8) is 0 Å². The van der Waals surface area contributed by atoms with Gasteiger partial charge in [0.15, 0.2) is 17.9 Å². The molecule has 0 saturated carbocycles. The third-order valence-corrected chi connectivity index (χ3v) is 7.75. The number of aliphatic imine (C=N–C) groups is 1. The molecule has 0 radical (unpaired) electrons. The van der Waals surface area contributed by atoms with Crippen LogP contribution in [0, 0.1) is 34.3 Å². The number of ether oxygens (including phenoxy) is 1. The Morgan fingerprint density at radius 3 is 2.69 bits per heavy atom. The van der Waals surface area contributed by atoms with Crippen LogP contribution in [0.5, 0.6) is 11.5 Å². The van der Waals surface area contributed by atoms with Crippen LogP contribution >= 0.6 is 12.1 Å². The molecule has 0 aromatic heterocycles. The average molecular weight is 548 g/mol. The molecule has 2 aromatic rings. The first-order valence-corrected chi connectivity index (χ1v) is 13.9. The van der Waals surface area contributed by atoms with Gasteiger partial charge in [-0.05, 0) is 56.1 Å². The van der Waals surface area contributed by atoms with Crippen LogP contribution in [0.1, 0.15) is 48.5 Å². The molecule has 1 fully saturated rings. The van der Waals surface area contributed by atoms with E-state index in [1.807, 2.05) is 36.3 Å². The Morgan fingerprint density at radius 2 is 2.03 bits per heavy atom. The number of carbonyl (C=O) groups is 1. The Balaban J connectivity index is 1.62. The molecule has 1 saturated heterocycles. The van der Waals surface area contributed by atoms with Gasteiger partial charge >= 0.3 is 0 Å². The molecule has 0 atom stereocenters. The molecule has 8 nitrogen and oxygen atoms in total. The van der Waals surface area contributed by atoms with Gasteiger partial charge in [0.2, 0.25) is 0 Å². The number of nitriles is 2. The zero-order valence-corrected chi connectivity index (χ0v) is 23.5. The maximum Gasteiger partial charge on any atom is 0.267 e. The van der Waals surface area contributed by atoms with Gasteiger partial charge < -0.3 is 14.4 Å². The summed E-state index contributed by atoms with van der Waals surface area (Å²) in [4.78, 5) is 18.2. The lowest BCUT2D eigenvalue weighted by Gasteiger charge is -2.23. The zero-order chi connectivity index (χ0) is 28.2. The number of rotatable bonds is 13. The molecule has 1 aliphatic rings. The predicted molar refractivity (Wildman–Crippen MR) is 156 cm³/mol. The second kappa shape index (κ2) is 15.2. The van der Waals surface area contributed by atoms with Crippen molar-refractivity contribution < 1.29 is 13.9 Å². The third kappa shape index (κ3) is 8.74. The lowest BCUT2D eigenvalue weighted by molar-refractivity contribution is 0.112. The fourth-order valence-electron chi connectivity index (χ4n) is 4.40. The van der Waals surface area contributed by atoms with Crippen LogP contribution in [0.3, 0.4) is 0 Å². The fourth-order valence-corrected chi connectivity index (χ4v) is 4.95. The highest BCUT2D eigenvalue weighted by molar-refractivity contribution is 7.98. The lowest BCUT2D eigenvalue weighted by Crippen LogP contribution is -2.22. The third-order valence-electron chi connectivity index (χ3n) is 6.87. The summed E-state index contributed by atoms with van der Waals surface area (Å²) < 4.78 is 25.4. The van der Waals surface area contributed by atoms with Crippen molar-refractivity contribution in [3.8, 4) is 23.5 Å². The quantitative estimate of drug-likeness (QED) is 0.0986. The van der Waals surface area contributed by atoms with Crippen LogP contribution < -0.4 is 9.46 Å². The van der Waals surface area contributed by atoms with Gasteiger partial charge in [0.1, 0.15) is 17.4 Å². The van der Waals surface area contributed by atoms with Crippen LogP contribution in [0.15, 0.2) is 35.3 Å². The molecule has 1 N–H and O–H groups in total. The average Bonchev–Trinajstić information content (AvgIpc) is 2.96. The number of halogens is 1. The highest BCUT2D eigenvalue weighted by Gasteiger charge is 2.23. The van der Waals surface area contributed by atoms with E-state index in [4.69, 9.17) is 10.00 Å². The predicted octanol–water partition coefficient (Wildman–Crippen LogP) is 6.57. The van der Waals surface area contributed by atoms with Crippen molar-refractivity contribution in [2.45, 2.75) is 45.2 Å². The van der Waals surface area contributed by atoms with Crippen LogP contribution in [-0.4, -0.2) is 55.7 Å². The van der Waals surface area contributed by atoms with Crippen molar-refractivity contribution >= 4 is 42.8 Å². The summed E-state index contributed by atoms with van der Waals surface area (Å²) in [6, 6.07) is 9.44. The standard InChI is InChI=1S/C28H34BFN6O2S/c1-4-36(3)39-34-27-10-8-25(30)28(24(27)17-31)38-23-7-9-26(22(16-23)18-37)33-20-35(2)15-5-6-21-11-13-29(19-32)14-12-21/h7-10,16,18,20-21,34H,4-6,11-15H2,1-3H3. The molecule has 11 heteroatoms. The molecule has 3 rings (SSSR count). The molecule has 2 aromatic carbocycles. The molecule has 0 unspecified atom stereocenters. The number of carbonyl (C=O) groups excluding carboxylic acids is 1. The maximum absolute atomic E-state index is 14.7. The first-order valence-electron chi connectivity index (χ1n) is 13.2. The van der Waals surface area contributed by atoms with Gasteiger partial charge in [-0.25, -0.2) is 18.9 Å². The summed E-state index contributed by atoms with van der Waals surface area (Å²) in [6.07, 6.45) is 8.81. The summed E-state index contributed by atoms with van der Waals surface area (Å²) >= 11 is 1.29. The van der Waals surface area contributed by atoms with Crippen molar-refractivity contribution in [1.29, 1.82) is 10.5 Å². The van der Waals surface area contributed by atoms with E-state index in [-0.39, 0.29) is 23.8 Å². The van der Waals surface area contributed by atoms with E-state index in [2.05, 4.69) is 15.7 Å². The van der Waals surface area contributed by atoms with E-state index in [0.717, 1.165) is 51.4 Å². The van der Waals surface area contributed by atoms with Gasteiger partial charge in [-0.15, -0.1) is 0 Å². The van der Waals surface area contributed by atoms with Gasteiger partial charge in [0, 0.05) is 43.8 Å². The molecular weight excluding hydrogens is 514 g/mol. The van der Waals surface area contributed by atoms with E-state index in [0.29, 0.717) is 29.1 Å². The largest absolute Gasteiger partial charge is 0.453 e. The minimum Gasteiger partial charge on any atom is -0.453 e.